The molecule has 0 saturated carbocycles. The summed E-state index contributed by atoms with van der Waals surface area (Å²) in [4.78, 5) is 49.2. The average molecular weight is 432 g/mol. The molecule has 3 aromatic rings. The van der Waals surface area contributed by atoms with Crippen LogP contribution in [0.1, 0.15) is 36.1 Å². The van der Waals surface area contributed by atoms with Gasteiger partial charge in [-0.15, -0.1) is 0 Å². The van der Waals surface area contributed by atoms with Crippen LogP contribution in [0.25, 0.3) is 0 Å². The molecule has 32 heavy (non-hydrogen) atoms. The molecule has 2 heterocycles. The Morgan fingerprint density at radius 3 is 2.62 bits per heavy atom. The molecule has 1 atom stereocenters. The lowest BCUT2D eigenvalue weighted by molar-refractivity contribution is -0.122. The van der Waals surface area contributed by atoms with Crippen molar-refractivity contribution in [3.05, 3.63) is 98.3 Å². The van der Waals surface area contributed by atoms with Crippen molar-refractivity contribution < 1.29 is 9.59 Å². The Morgan fingerprint density at radius 1 is 1.06 bits per heavy atom. The normalized spacial score (nSPS) is 13.7. The zero-order valence-electron chi connectivity index (χ0n) is 17.7. The van der Waals surface area contributed by atoms with E-state index in [1.807, 2.05) is 55.5 Å². The van der Waals surface area contributed by atoms with Crippen LogP contribution in [-0.2, 0) is 29.1 Å². The van der Waals surface area contributed by atoms with Gasteiger partial charge in [-0.3, -0.25) is 23.5 Å². The van der Waals surface area contributed by atoms with Gasteiger partial charge in [0, 0.05) is 24.4 Å². The van der Waals surface area contributed by atoms with Crippen molar-refractivity contribution in [1.82, 2.24) is 14.5 Å². The van der Waals surface area contributed by atoms with Crippen LogP contribution in [0.15, 0.2) is 70.4 Å². The summed E-state index contributed by atoms with van der Waals surface area (Å²) in [5.74, 6) is -0.432. The summed E-state index contributed by atoms with van der Waals surface area (Å²) in [5.41, 5.74) is 2.56. The van der Waals surface area contributed by atoms with Crippen molar-refractivity contribution in [2.75, 3.05) is 5.32 Å². The predicted octanol–water partition coefficient (Wildman–Crippen LogP) is 1.82. The molecule has 0 fully saturated rings. The smallest absolute Gasteiger partial charge is 0.331 e. The van der Waals surface area contributed by atoms with Gasteiger partial charge in [-0.1, -0.05) is 42.5 Å². The number of anilines is 1. The number of fused-ring (bicyclic) bond motifs is 1. The zero-order valence-corrected chi connectivity index (χ0v) is 17.7. The highest BCUT2D eigenvalue weighted by Gasteiger charge is 2.18. The molecule has 0 radical (unpaired) electrons. The van der Waals surface area contributed by atoms with Gasteiger partial charge in [-0.05, 0) is 36.1 Å². The Kier molecular flexibility index (Phi) is 6.02. The number of hydrogen-bond donors (Lipinski definition) is 2. The Hall–Kier alpha value is -3.94. The monoisotopic (exact) mass is 432 g/mol. The topological polar surface area (TPSA) is 102 Å². The van der Waals surface area contributed by atoms with Crippen molar-refractivity contribution in [1.29, 1.82) is 0 Å². The maximum atomic E-state index is 12.8. The second-order valence-electron chi connectivity index (χ2n) is 7.89. The third-order valence-electron chi connectivity index (χ3n) is 5.54. The number of aryl methyl sites for hydroxylation is 1. The Balaban J connectivity index is 1.47. The molecule has 0 bridgehead atoms. The first-order valence-electron chi connectivity index (χ1n) is 10.5. The molecule has 1 unspecified atom stereocenters. The van der Waals surface area contributed by atoms with E-state index in [1.54, 1.807) is 0 Å². The molecule has 0 spiro atoms. The van der Waals surface area contributed by atoms with Gasteiger partial charge in [0.25, 0.3) is 5.56 Å². The maximum Gasteiger partial charge on any atom is 0.331 e. The fourth-order valence-electron chi connectivity index (χ4n) is 3.79. The van der Waals surface area contributed by atoms with Gasteiger partial charge >= 0.3 is 5.69 Å². The molecule has 8 heteroatoms. The lowest BCUT2D eigenvalue weighted by atomic mass is 9.98. The summed E-state index contributed by atoms with van der Waals surface area (Å²) in [6, 6.07) is 16.0. The second-order valence-corrected chi connectivity index (χ2v) is 7.89. The van der Waals surface area contributed by atoms with Gasteiger partial charge in [0.2, 0.25) is 11.8 Å². The molecule has 0 aliphatic carbocycles. The Morgan fingerprint density at radius 2 is 1.84 bits per heavy atom. The van der Waals surface area contributed by atoms with Gasteiger partial charge in [-0.25, -0.2) is 4.79 Å². The lowest BCUT2D eigenvalue weighted by Crippen LogP contribution is -2.43. The van der Waals surface area contributed by atoms with E-state index in [0.717, 1.165) is 26.9 Å². The number of nitrogens with one attached hydrogen (secondary N) is 2. The van der Waals surface area contributed by atoms with Crippen LogP contribution in [0.3, 0.4) is 0 Å². The van der Waals surface area contributed by atoms with E-state index in [2.05, 4.69) is 10.6 Å². The third-order valence-corrected chi connectivity index (χ3v) is 5.54. The van der Waals surface area contributed by atoms with Crippen molar-refractivity contribution in [2.45, 2.75) is 38.9 Å². The number of carbonyl (C=O) groups is 2. The van der Waals surface area contributed by atoms with Crippen molar-refractivity contribution in [3.8, 4) is 0 Å². The number of hydrogen-bond acceptors (Lipinski definition) is 4. The lowest BCUT2D eigenvalue weighted by Gasteiger charge is -2.20. The van der Waals surface area contributed by atoms with E-state index in [9.17, 15) is 19.2 Å². The van der Waals surface area contributed by atoms with Crippen LogP contribution in [0.2, 0.25) is 0 Å². The molecular weight excluding hydrogens is 408 g/mol. The highest BCUT2D eigenvalue weighted by molar-refractivity contribution is 5.93. The quantitative estimate of drug-likeness (QED) is 0.620. The van der Waals surface area contributed by atoms with E-state index in [1.165, 1.54) is 16.8 Å². The minimum Gasteiger partial charge on any atom is -0.348 e. The fraction of sp³-hybridized carbons (Fsp3) is 0.250. The van der Waals surface area contributed by atoms with E-state index in [4.69, 9.17) is 0 Å². The van der Waals surface area contributed by atoms with E-state index >= 15 is 0 Å². The summed E-state index contributed by atoms with van der Waals surface area (Å²) in [6.07, 6.45) is 2.53. The van der Waals surface area contributed by atoms with E-state index in [0.29, 0.717) is 19.4 Å². The minimum atomic E-state index is -0.534. The van der Waals surface area contributed by atoms with Gasteiger partial charge in [0.1, 0.15) is 6.54 Å². The van der Waals surface area contributed by atoms with Crippen LogP contribution in [0.4, 0.5) is 5.69 Å². The van der Waals surface area contributed by atoms with Gasteiger partial charge in [-0.2, -0.15) is 0 Å². The van der Waals surface area contributed by atoms with Gasteiger partial charge in [0.05, 0.1) is 12.6 Å². The summed E-state index contributed by atoms with van der Waals surface area (Å²) < 4.78 is 2.35. The molecule has 1 aliphatic rings. The molecule has 164 valence electrons. The molecule has 2 aromatic carbocycles. The summed E-state index contributed by atoms with van der Waals surface area (Å²) in [5, 5.41) is 5.68. The SMILES string of the molecule is CC(NC(=O)Cn1c(=O)ccn(Cc2ccccc2)c1=O)c1ccc2c(c1)CCC(=O)N2. The van der Waals surface area contributed by atoms with E-state index in [-0.39, 0.29) is 18.5 Å². The van der Waals surface area contributed by atoms with Crippen LogP contribution in [-0.4, -0.2) is 20.9 Å². The third kappa shape index (κ3) is 4.69. The first-order chi connectivity index (χ1) is 15.4. The molecule has 4 rings (SSSR count). The molecule has 2 amide bonds. The predicted molar refractivity (Wildman–Crippen MR) is 120 cm³/mol. The number of rotatable bonds is 6. The number of aromatic nitrogens is 2. The number of nitrogens with zero attached hydrogens (tertiary/aromatic N) is 2. The first-order valence-corrected chi connectivity index (χ1v) is 10.5. The van der Waals surface area contributed by atoms with E-state index < -0.39 is 17.2 Å². The standard InChI is InChI=1S/C24H24N4O4/c1-16(18-7-9-20-19(13-18)8-10-21(29)26-20)25-22(30)15-28-23(31)11-12-27(24(28)32)14-17-5-3-2-4-6-17/h2-7,9,11-13,16H,8,10,14-15H2,1H3,(H,25,30)(H,26,29). The number of benzene rings is 2. The first kappa shape index (κ1) is 21.3. The molecule has 1 aliphatic heterocycles. The molecule has 8 nitrogen and oxygen atoms in total. The minimum absolute atomic E-state index is 0.00201. The Labute approximate surface area is 184 Å². The number of carbonyl (C=O) groups excluding carboxylic acids is 2. The van der Waals surface area contributed by atoms with Crippen LogP contribution in [0, 0.1) is 0 Å². The molecule has 2 N–H and O–H groups in total. The fourth-order valence-corrected chi connectivity index (χ4v) is 3.79. The molecule has 0 saturated heterocycles. The zero-order chi connectivity index (χ0) is 22.7. The largest absolute Gasteiger partial charge is 0.348 e. The highest BCUT2D eigenvalue weighted by atomic mass is 16.2. The number of amides is 2. The maximum absolute atomic E-state index is 12.8. The van der Waals surface area contributed by atoms with Gasteiger partial charge < -0.3 is 10.6 Å². The van der Waals surface area contributed by atoms with Gasteiger partial charge in [0.15, 0.2) is 0 Å². The van der Waals surface area contributed by atoms with Crippen molar-refractivity contribution in [3.63, 3.8) is 0 Å². The summed E-state index contributed by atoms with van der Waals surface area (Å²) in [6.45, 7) is 1.78. The second kappa shape index (κ2) is 9.05. The Bertz CT molecular complexity index is 1280. The summed E-state index contributed by atoms with van der Waals surface area (Å²) >= 11 is 0. The highest BCUT2D eigenvalue weighted by Crippen LogP contribution is 2.26. The average Bonchev–Trinajstić information content (AvgIpc) is 2.79. The van der Waals surface area contributed by atoms with Crippen LogP contribution >= 0.6 is 0 Å². The van der Waals surface area contributed by atoms with Crippen molar-refractivity contribution in [2.24, 2.45) is 0 Å². The molecule has 1 aromatic heterocycles. The molecular formula is C24H24N4O4. The van der Waals surface area contributed by atoms with Crippen LogP contribution < -0.4 is 21.9 Å². The van der Waals surface area contributed by atoms with Crippen molar-refractivity contribution >= 4 is 17.5 Å². The summed E-state index contributed by atoms with van der Waals surface area (Å²) in [7, 11) is 0. The van der Waals surface area contributed by atoms with Crippen LogP contribution in [0.5, 0.6) is 0 Å².